The number of rotatable bonds is 3. The van der Waals surface area contributed by atoms with Crippen LogP contribution in [0.1, 0.15) is 5.56 Å². The number of benzene rings is 2. The average Bonchev–Trinajstić information content (AvgIpc) is 2.39. The van der Waals surface area contributed by atoms with Crippen LogP contribution in [0.3, 0.4) is 0 Å². The third-order valence-electron chi connectivity index (χ3n) is 2.23. The van der Waals surface area contributed by atoms with E-state index in [0.717, 1.165) is 10.5 Å². The lowest BCUT2D eigenvalue weighted by atomic mass is 10.2. The topological polar surface area (TPSA) is 29.1 Å². The van der Waals surface area contributed by atoms with Gasteiger partial charge in [0.05, 0.1) is 0 Å². The second kappa shape index (κ2) is 6.11. The lowest BCUT2D eigenvalue weighted by Gasteiger charge is -2.04. The van der Waals surface area contributed by atoms with Crippen LogP contribution in [0.2, 0.25) is 0 Å². The first-order valence-electron chi connectivity index (χ1n) is 5.39. The van der Waals surface area contributed by atoms with Gasteiger partial charge in [-0.15, -0.1) is 0 Å². The first-order valence-corrected chi connectivity index (χ1v) is 6.21. The van der Waals surface area contributed by atoms with E-state index in [2.05, 4.69) is 5.32 Å². The SMILES string of the molecule is O=C(NCc1ccccc1)Sc1ccccc1. The maximum atomic E-state index is 11.6. The molecule has 0 saturated carbocycles. The first kappa shape index (κ1) is 11.7. The summed E-state index contributed by atoms with van der Waals surface area (Å²) in [6.45, 7) is 0.569. The summed E-state index contributed by atoms with van der Waals surface area (Å²) in [5, 5.41) is 2.84. The zero-order valence-corrected chi connectivity index (χ0v) is 10.1. The summed E-state index contributed by atoms with van der Waals surface area (Å²) in [5.41, 5.74) is 1.11. The van der Waals surface area contributed by atoms with E-state index >= 15 is 0 Å². The first-order chi connectivity index (χ1) is 8.34. The quantitative estimate of drug-likeness (QED) is 0.833. The number of thioether (sulfide) groups is 1. The second-order valence-corrected chi connectivity index (χ2v) is 4.59. The van der Waals surface area contributed by atoms with Crippen molar-refractivity contribution in [2.45, 2.75) is 11.4 Å². The molecule has 3 heteroatoms. The van der Waals surface area contributed by atoms with Gasteiger partial charge < -0.3 is 5.32 Å². The minimum atomic E-state index is -0.0277. The van der Waals surface area contributed by atoms with E-state index in [9.17, 15) is 4.79 Å². The molecule has 0 spiro atoms. The molecule has 17 heavy (non-hydrogen) atoms. The average molecular weight is 243 g/mol. The van der Waals surface area contributed by atoms with Crippen molar-refractivity contribution >= 4 is 17.0 Å². The molecule has 1 N–H and O–H groups in total. The van der Waals surface area contributed by atoms with Gasteiger partial charge in [-0.2, -0.15) is 0 Å². The summed E-state index contributed by atoms with van der Waals surface area (Å²) >= 11 is 1.21. The molecule has 0 aliphatic carbocycles. The zero-order chi connectivity index (χ0) is 11.9. The Hall–Kier alpha value is -1.74. The van der Waals surface area contributed by atoms with Crippen LogP contribution in [-0.4, -0.2) is 5.24 Å². The predicted octanol–water partition coefficient (Wildman–Crippen LogP) is 3.69. The molecule has 2 nitrogen and oxygen atoms in total. The fourth-order valence-corrected chi connectivity index (χ4v) is 2.05. The standard InChI is InChI=1S/C14H13NOS/c16-14(17-13-9-5-2-6-10-13)15-11-12-7-3-1-4-8-12/h1-10H,11H2,(H,15,16). The van der Waals surface area contributed by atoms with E-state index in [-0.39, 0.29) is 5.24 Å². The molecule has 2 aromatic rings. The summed E-state index contributed by atoms with van der Waals surface area (Å²) < 4.78 is 0. The molecule has 0 aliphatic rings. The van der Waals surface area contributed by atoms with Crippen molar-refractivity contribution in [2.75, 3.05) is 0 Å². The maximum absolute atomic E-state index is 11.6. The molecule has 0 aromatic heterocycles. The number of carbonyl (C=O) groups is 1. The maximum Gasteiger partial charge on any atom is 0.284 e. The molecule has 1 amide bonds. The highest BCUT2D eigenvalue weighted by Gasteiger charge is 2.03. The fraction of sp³-hybridized carbons (Fsp3) is 0.0714. The van der Waals surface area contributed by atoms with Gasteiger partial charge in [-0.05, 0) is 29.5 Å². The summed E-state index contributed by atoms with van der Waals surface area (Å²) in [4.78, 5) is 12.6. The molecule has 0 bridgehead atoms. The predicted molar refractivity (Wildman–Crippen MR) is 71.0 cm³/mol. The van der Waals surface area contributed by atoms with E-state index in [1.165, 1.54) is 11.8 Å². The van der Waals surface area contributed by atoms with Crippen LogP contribution >= 0.6 is 11.8 Å². The van der Waals surface area contributed by atoms with Crippen LogP contribution in [0, 0.1) is 0 Å². The van der Waals surface area contributed by atoms with E-state index in [4.69, 9.17) is 0 Å². The van der Waals surface area contributed by atoms with Crippen LogP contribution in [0.4, 0.5) is 4.79 Å². The van der Waals surface area contributed by atoms with Crippen molar-refractivity contribution < 1.29 is 4.79 Å². The molecule has 86 valence electrons. The minimum absolute atomic E-state index is 0.0277. The van der Waals surface area contributed by atoms with Crippen molar-refractivity contribution in [3.63, 3.8) is 0 Å². The van der Waals surface area contributed by atoms with E-state index in [1.807, 2.05) is 60.7 Å². The van der Waals surface area contributed by atoms with Crippen molar-refractivity contribution in [1.29, 1.82) is 0 Å². The lowest BCUT2D eigenvalue weighted by Crippen LogP contribution is -2.17. The molecule has 0 heterocycles. The van der Waals surface area contributed by atoms with Crippen molar-refractivity contribution in [2.24, 2.45) is 0 Å². The summed E-state index contributed by atoms with van der Waals surface area (Å²) in [7, 11) is 0. The minimum Gasteiger partial charge on any atom is -0.343 e. The number of carbonyl (C=O) groups excluding carboxylic acids is 1. The summed E-state index contributed by atoms with van der Waals surface area (Å²) in [6, 6.07) is 19.5. The van der Waals surface area contributed by atoms with Gasteiger partial charge in [-0.1, -0.05) is 48.5 Å². The Morgan fingerprint density at radius 2 is 1.53 bits per heavy atom. The van der Waals surface area contributed by atoms with Gasteiger partial charge in [-0.25, -0.2) is 0 Å². The fourth-order valence-electron chi connectivity index (χ4n) is 1.40. The van der Waals surface area contributed by atoms with Gasteiger partial charge >= 0.3 is 0 Å². The van der Waals surface area contributed by atoms with Crippen LogP contribution in [0.5, 0.6) is 0 Å². The van der Waals surface area contributed by atoms with Crippen LogP contribution in [-0.2, 0) is 6.54 Å². The van der Waals surface area contributed by atoms with Gasteiger partial charge in [0, 0.05) is 11.4 Å². The third-order valence-corrected chi connectivity index (χ3v) is 3.07. The number of nitrogens with one attached hydrogen (secondary N) is 1. The Labute approximate surface area is 105 Å². The Kier molecular flexibility index (Phi) is 4.22. The van der Waals surface area contributed by atoms with E-state index in [1.54, 1.807) is 0 Å². The Bertz CT molecular complexity index is 470. The van der Waals surface area contributed by atoms with Gasteiger partial charge in [0.1, 0.15) is 0 Å². The molecule has 0 aliphatic heterocycles. The molecule has 0 radical (unpaired) electrons. The normalized spacial score (nSPS) is 9.88. The van der Waals surface area contributed by atoms with Crippen molar-refractivity contribution in [1.82, 2.24) is 5.32 Å². The van der Waals surface area contributed by atoms with Crippen molar-refractivity contribution in [3.05, 3.63) is 66.2 Å². The molecule has 2 rings (SSSR count). The molecule has 0 unspecified atom stereocenters. The zero-order valence-electron chi connectivity index (χ0n) is 9.30. The highest BCUT2D eigenvalue weighted by Crippen LogP contribution is 2.17. The van der Waals surface area contributed by atoms with Crippen LogP contribution in [0.15, 0.2) is 65.6 Å². The van der Waals surface area contributed by atoms with E-state index in [0.29, 0.717) is 6.54 Å². The molecule has 2 aromatic carbocycles. The Balaban J connectivity index is 1.83. The molecular weight excluding hydrogens is 230 g/mol. The molecular formula is C14H13NOS. The Morgan fingerprint density at radius 3 is 2.18 bits per heavy atom. The van der Waals surface area contributed by atoms with Crippen LogP contribution in [0.25, 0.3) is 0 Å². The number of hydrogen-bond acceptors (Lipinski definition) is 2. The second-order valence-electron chi connectivity index (χ2n) is 3.54. The number of amides is 1. The third kappa shape index (κ3) is 3.96. The van der Waals surface area contributed by atoms with Crippen molar-refractivity contribution in [3.8, 4) is 0 Å². The van der Waals surface area contributed by atoms with E-state index < -0.39 is 0 Å². The summed E-state index contributed by atoms with van der Waals surface area (Å²) in [6.07, 6.45) is 0. The lowest BCUT2D eigenvalue weighted by molar-refractivity contribution is 0.260. The Morgan fingerprint density at radius 1 is 0.941 bits per heavy atom. The monoisotopic (exact) mass is 243 g/mol. The highest BCUT2D eigenvalue weighted by molar-refractivity contribution is 8.13. The van der Waals surface area contributed by atoms with Gasteiger partial charge in [0.2, 0.25) is 0 Å². The molecule has 0 saturated heterocycles. The van der Waals surface area contributed by atoms with Gasteiger partial charge in [0.25, 0.3) is 5.24 Å². The molecule has 0 atom stereocenters. The number of hydrogen-bond donors (Lipinski definition) is 1. The van der Waals surface area contributed by atoms with Crippen LogP contribution < -0.4 is 5.32 Å². The largest absolute Gasteiger partial charge is 0.343 e. The highest BCUT2D eigenvalue weighted by atomic mass is 32.2. The summed E-state index contributed by atoms with van der Waals surface area (Å²) in [5.74, 6) is 0. The smallest absolute Gasteiger partial charge is 0.284 e. The van der Waals surface area contributed by atoms with Gasteiger partial charge in [-0.3, -0.25) is 4.79 Å². The molecule has 0 fully saturated rings. The van der Waals surface area contributed by atoms with Gasteiger partial charge in [0.15, 0.2) is 0 Å².